The number of hydrogen-bond acceptors (Lipinski definition) is 2. The summed E-state index contributed by atoms with van der Waals surface area (Å²) in [7, 11) is 0. The lowest BCUT2D eigenvalue weighted by molar-refractivity contribution is 0.306. The van der Waals surface area contributed by atoms with Gasteiger partial charge in [-0.15, -0.1) is 0 Å². The van der Waals surface area contributed by atoms with Gasteiger partial charge in [-0.25, -0.2) is 0 Å². The van der Waals surface area contributed by atoms with Gasteiger partial charge in [-0.3, -0.25) is 5.41 Å². The van der Waals surface area contributed by atoms with E-state index < -0.39 is 0 Å². The van der Waals surface area contributed by atoms with Gasteiger partial charge in [-0.1, -0.05) is 35.9 Å². The number of nitrogens with two attached hydrogens (primary N) is 1. The molecule has 0 aromatic heterocycles. The summed E-state index contributed by atoms with van der Waals surface area (Å²) in [4.78, 5) is 0. The highest BCUT2D eigenvalue weighted by atomic mass is 35.5. The van der Waals surface area contributed by atoms with Crippen LogP contribution in [0.2, 0.25) is 5.02 Å². The fourth-order valence-corrected chi connectivity index (χ4v) is 1.80. The van der Waals surface area contributed by atoms with Gasteiger partial charge in [0, 0.05) is 11.4 Å². The molecule has 0 aliphatic rings. The topological polar surface area (TPSA) is 59.1 Å². The summed E-state index contributed by atoms with van der Waals surface area (Å²) in [5, 5.41) is 7.95. The molecule has 0 bridgehead atoms. The van der Waals surface area contributed by atoms with Gasteiger partial charge in [0.05, 0.1) is 5.84 Å². The fourth-order valence-electron chi connectivity index (χ4n) is 1.67. The monoisotopic (exact) mass is 274 g/mol. The second kappa shape index (κ2) is 6.25. The lowest BCUT2D eigenvalue weighted by atomic mass is 10.1. The zero-order chi connectivity index (χ0) is 13.7. The molecule has 0 unspecified atom stereocenters. The number of hydrogen-bond donors (Lipinski definition) is 2. The van der Waals surface area contributed by atoms with Gasteiger partial charge < -0.3 is 10.5 Å². The van der Waals surface area contributed by atoms with Crippen molar-refractivity contribution < 1.29 is 4.74 Å². The van der Waals surface area contributed by atoms with Crippen LogP contribution in [0.1, 0.15) is 11.1 Å². The first kappa shape index (κ1) is 13.4. The van der Waals surface area contributed by atoms with E-state index >= 15 is 0 Å². The molecule has 0 spiro atoms. The minimum Gasteiger partial charge on any atom is -0.489 e. The van der Waals surface area contributed by atoms with E-state index in [1.165, 1.54) is 0 Å². The molecule has 98 valence electrons. The summed E-state index contributed by atoms with van der Waals surface area (Å²) in [6.45, 7) is 0.503. The van der Waals surface area contributed by atoms with Crippen molar-refractivity contribution in [3.05, 3.63) is 64.7 Å². The van der Waals surface area contributed by atoms with Gasteiger partial charge in [0.15, 0.2) is 0 Å². The lowest BCUT2D eigenvalue weighted by Gasteiger charge is -2.07. The molecule has 2 aromatic rings. The van der Waals surface area contributed by atoms with Gasteiger partial charge in [-0.2, -0.15) is 0 Å². The first-order valence-electron chi connectivity index (χ1n) is 5.92. The number of benzene rings is 2. The predicted octanol–water partition coefficient (Wildman–Crippen LogP) is 3.40. The van der Waals surface area contributed by atoms with Crippen LogP contribution in [0.15, 0.2) is 48.5 Å². The number of rotatable bonds is 5. The smallest absolute Gasteiger partial charge is 0.119 e. The molecule has 19 heavy (non-hydrogen) atoms. The molecule has 0 fully saturated rings. The quantitative estimate of drug-likeness (QED) is 0.648. The Kier molecular flexibility index (Phi) is 4.42. The van der Waals surface area contributed by atoms with Crippen LogP contribution in [-0.4, -0.2) is 5.84 Å². The maximum absolute atomic E-state index is 7.23. The van der Waals surface area contributed by atoms with E-state index in [-0.39, 0.29) is 5.84 Å². The molecule has 2 aromatic carbocycles. The maximum Gasteiger partial charge on any atom is 0.119 e. The third-order valence-electron chi connectivity index (χ3n) is 2.64. The second-order valence-corrected chi connectivity index (χ2v) is 4.70. The average Bonchev–Trinajstić information content (AvgIpc) is 2.39. The molecule has 0 atom stereocenters. The maximum atomic E-state index is 7.23. The third-order valence-corrected chi connectivity index (χ3v) is 2.89. The molecule has 0 radical (unpaired) electrons. The second-order valence-electron chi connectivity index (χ2n) is 4.26. The Morgan fingerprint density at radius 2 is 1.58 bits per heavy atom. The number of nitrogens with one attached hydrogen (secondary N) is 1. The molecule has 2 rings (SSSR count). The van der Waals surface area contributed by atoms with Crippen molar-refractivity contribution in [2.45, 2.75) is 13.0 Å². The van der Waals surface area contributed by atoms with Crippen molar-refractivity contribution in [1.29, 1.82) is 5.41 Å². The zero-order valence-corrected chi connectivity index (χ0v) is 11.2. The standard InChI is InChI=1S/C15H15ClN2O/c16-13-5-1-12(2-6-13)10-19-14-7-3-11(4-8-14)9-15(17)18/h1-8H,9-10H2,(H3,17,18). The van der Waals surface area contributed by atoms with E-state index in [0.717, 1.165) is 21.9 Å². The summed E-state index contributed by atoms with van der Waals surface area (Å²) in [5.74, 6) is 0.956. The first-order valence-corrected chi connectivity index (χ1v) is 6.30. The van der Waals surface area contributed by atoms with Crippen LogP contribution >= 0.6 is 11.6 Å². The van der Waals surface area contributed by atoms with E-state index in [9.17, 15) is 0 Å². The molecule has 4 heteroatoms. The highest BCUT2D eigenvalue weighted by Gasteiger charge is 1.98. The van der Waals surface area contributed by atoms with Gasteiger partial charge in [0.25, 0.3) is 0 Å². The van der Waals surface area contributed by atoms with Crippen molar-refractivity contribution in [3.8, 4) is 5.75 Å². The van der Waals surface area contributed by atoms with Crippen LogP contribution in [0.4, 0.5) is 0 Å². The summed E-state index contributed by atoms with van der Waals surface area (Å²) in [5.41, 5.74) is 7.42. The van der Waals surface area contributed by atoms with Crippen LogP contribution in [0, 0.1) is 5.41 Å². The molecule has 0 saturated carbocycles. The minimum atomic E-state index is 0.162. The Balaban J connectivity index is 1.92. The Morgan fingerprint density at radius 1 is 1.00 bits per heavy atom. The Morgan fingerprint density at radius 3 is 2.16 bits per heavy atom. The van der Waals surface area contributed by atoms with Crippen LogP contribution in [0.3, 0.4) is 0 Å². The summed E-state index contributed by atoms with van der Waals surface area (Å²) in [6.07, 6.45) is 0.470. The predicted molar refractivity (Wildman–Crippen MR) is 77.8 cm³/mol. The van der Waals surface area contributed by atoms with E-state index in [4.69, 9.17) is 27.5 Å². The van der Waals surface area contributed by atoms with Crippen LogP contribution < -0.4 is 10.5 Å². The number of halogens is 1. The van der Waals surface area contributed by atoms with E-state index in [2.05, 4.69) is 0 Å². The van der Waals surface area contributed by atoms with Crippen molar-refractivity contribution in [2.24, 2.45) is 5.73 Å². The largest absolute Gasteiger partial charge is 0.489 e. The number of amidine groups is 1. The Hall–Kier alpha value is -2.00. The molecular weight excluding hydrogens is 260 g/mol. The highest BCUT2D eigenvalue weighted by molar-refractivity contribution is 6.30. The van der Waals surface area contributed by atoms with E-state index in [0.29, 0.717) is 13.0 Å². The van der Waals surface area contributed by atoms with Crippen molar-refractivity contribution in [3.63, 3.8) is 0 Å². The van der Waals surface area contributed by atoms with Gasteiger partial charge in [-0.05, 0) is 35.4 Å². The SMILES string of the molecule is N=C(N)Cc1ccc(OCc2ccc(Cl)cc2)cc1. The van der Waals surface area contributed by atoms with Gasteiger partial charge >= 0.3 is 0 Å². The van der Waals surface area contributed by atoms with Crippen molar-refractivity contribution >= 4 is 17.4 Å². The Labute approximate surface area is 117 Å². The first-order chi connectivity index (χ1) is 9.13. The van der Waals surface area contributed by atoms with E-state index in [1.54, 1.807) is 0 Å². The normalized spacial score (nSPS) is 10.2. The molecule has 3 nitrogen and oxygen atoms in total. The lowest BCUT2D eigenvalue weighted by Crippen LogP contribution is -2.12. The van der Waals surface area contributed by atoms with Gasteiger partial charge in [0.1, 0.15) is 12.4 Å². The molecule has 0 saturated heterocycles. The molecule has 0 heterocycles. The highest BCUT2D eigenvalue weighted by Crippen LogP contribution is 2.15. The van der Waals surface area contributed by atoms with Crippen LogP contribution in [0.5, 0.6) is 5.75 Å². The Bertz CT molecular complexity index is 549. The molecule has 0 amide bonds. The zero-order valence-electron chi connectivity index (χ0n) is 10.4. The molecule has 0 aliphatic heterocycles. The minimum absolute atomic E-state index is 0.162. The van der Waals surface area contributed by atoms with Gasteiger partial charge in [0.2, 0.25) is 0 Å². The van der Waals surface area contributed by atoms with Crippen molar-refractivity contribution in [1.82, 2.24) is 0 Å². The van der Waals surface area contributed by atoms with Crippen molar-refractivity contribution in [2.75, 3.05) is 0 Å². The van der Waals surface area contributed by atoms with E-state index in [1.807, 2.05) is 48.5 Å². The number of ether oxygens (including phenoxy) is 1. The summed E-state index contributed by atoms with van der Waals surface area (Å²) in [6, 6.07) is 15.2. The fraction of sp³-hybridized carbons (Fsp3) is 0.133. The van der Waals surface area contributed by atoms with Crippen LogP contribution in [0.25, 0.3) is 0 Å². The average molecular weight is 275 g/mol. The molecule has 0 aliphatic carbocycles. The third kappa shape index (κ3) is 4.30. The molecule has 3 N–H and O–H groups in total. The summed E-state index contributed by atoms with van der Waals surface area (Å²) < 4.78 is 5.66. The molecular formula is C15H15ClN2O. The van der Waals surface area contributed by atoms with Crippen LogP contribution in [-0.2, 0) is 13.0 Å². The summed E-state index contributed by atoms with van der Waals surface area (Å²) >= 11 is 5.82.